The molecule has 0 aromatic heterocycles. The van der Waals surface area contributed by atoms with E-state index in [2.05, 4.69) is 5.43 Å². The minimum atomic E-state index is -1.18. The lowest BCUT2D eigenvalue weighted by Crippen LogP contribution is -2.58. The second kappa shape index (κ2) is 10.2. The lowest BCUT2D eigenvalue weighted by atomic mass is 10.0. The summed E-state index contributed by atoms with van der Waals surface area (Å²) in [5.41, 5.74) is 4.40. The molecule has 0 saturated carbocycles. The normalized spacial score (nSPS) is 12.6. The van der Waals surface area contributed by atoms with Gasteiger partial charge < -0.3 is 9.84 Å². The predicted octanol–water partition coefficient (Wildman–Crippen LogP) is 1.82. The monoisotopic (exact) mass is 384 g/mol. The van der Waals surface area contributed by atoms with Crippen molar-refractivity contribution in [3.05, 3.63) is 71.8 Å². The third kappa shape index (κ3) is 5.92. The zero-order valence-corrected chi connectivity index (χ0v) is 15.9. The summed E-state index contributed by atoms with van der Waals surface area (Å²) in [6, 6.07) is 16.1. The van der Waals surface area contributed by atoms with E-state index in [0.717, 1.165) is 16.1 Å². The maximum atomic E-state index is 12.3. The number of carbonyl (C=O) groups excluding carboxylic acids is 2. The van der Waals surface area contributed by atoms with Crippen LogP contribution in [0, 0.1) is 0 Å². The van der Waals surface area contributed by atoms with Crippen molar-refractivity contribution in [1.29, 1.82) is 0 Å². The molecule has 2 rings (SSSR count). The van der Waals surface area contributed by atoms with Gasteiger partial charge in [0.2, 0.25) is 5.91 Å². The van der Waals surface area contributed by atoms with E-state index in [1.807, 2.05) is 36.4 Å². The number of hydrogen-bond acceptors (Lipinski definition) is 5. The topological polar surface area (TPSA) is 95.9 Å². The van der Waals surface area contributed by atoms with Crippen molar-refractivity contribution in [2.75, 3.05) is 7.11 Å². The number of methoxy groups -OCH3 is 1. The third-order valence-electron chi connectivity index (χ3n) is 4.27. The van der Waals surface area contributed by atoms with Gasteiger partial charge in [-0.1, -0.05) is 60.7 Å². The molecule has 7 heteroatoms. The van der Waals surface area contributed by atoms with Crippen LogP contribution in [0.1, 0.15) is 18.1 Å². The number of nitrogens with one attached hydrogen (secondary N) is 1. The average Bonchev–Trinajstić information content (AvgIpc) is 2.70. The molecule has 0 spiro atoms. The van der Waals surface area contributed by atoms with Gasteiger partial charge in [0.05, 0.1) is 7.11 Å². The van der Waals surface area contributed by atoms with Gasteiger partial charge in [0.1, 0.15) is 12.1 Å². The first-order chi connectivity index (χ1) is 13.4. The van der Waals surface area contributed by atoms with E-state index < -0.39 is 29.9 Å². The third-order valence-corrected chi connectivity index (χ3v) is 4.27. The summed E-state index contributed by atoms with van der Waals surface area (Å²) in [6.45, 7) is 1.25. The van der Waals surface area contributed by atoms with Crippen LogP contribution >= 0.6 is 0 Å². The molecule has 2 aromatic rings. The van der Waals surface area contributed by atoms with Crippen molar-refractivity contribution < 1.29 is 24.2 Å². The zero-order chi connectivity index (χ0) is 20.5. The van der Waals surface area contributed by atoms with Gasteiger partial charge in [0.15, 0.2) is 0 Å². The van der Waals surface area contributed by atoms with Gasteiger partial charge in [-0.25, -0.2) is 10.2 Å². The SMILES string of the molecule is COC(=O)[C@H](Cc1ccccc1)NN(C(C)=O)[C@@H](Cc1ccccc1)C(=O)O. The van der Waals surface area contributed by atoms with Crippen molar-refractivity contribution in [3.63, 3.8) is 0 Å². The van der Waals surface area contributed by atoms with E-state index in [4.69, 9.17) is 4.74 Å². The van der Waals surface area contributed by atoms with Gasteiger partial charge in [-0.15, -0.1) is 0 Å². The molecule has 7 nitrogen and oxygen atoms in total. The highest BCUT2D eigenvalue weighted by molar-refractivity contribution is 5.83. The quantitative estimate of drug-likeness (QED) is 0.506. The van der Waals surface area contributed by atoms with Crippen LogP contribution in [0.3, 0.4) is 0 Å². The summed E-state index contributed by atoms with van der Waals surface area (Å²) >= 11 is 0. The van der Waals surface area contributed by atoms with Crippen LogP contribution in [-0.2, 0) is 32.0 Å². The van der Waals surface area contributed by atoms with Crippen molar-refractivity contribution >= 4 is 17.8 Å². The maximum Gasteiger partial charge on any atom is 0.328 e. The molecule has 0 unspecified atom stereocenters. The molecule has 0 fully saturated rings. The lowest BCUT2D eigenvalue weighted by molar-refractivity contribution is -0.156. The Morgan fingerprint density at radius 1 is 0.964 bits per heavy atom. The number of carboxylic acid groups (broad SMARTS) is 1. The van der Waals surface area contributed by atoms with E-state index >= 15 is 0 Å². The molecule has 0 aliphatic rings. The molecular formula is C21H24N2O5. The fourth-order valence-electron chi connectivity index (χ4n) is 2.87. The number of nitrogens with zero attached hydrogens (tertiary/aromatic N) is 1. The van der Waals surface area contributed by atoms with Crippen molar-refractivity contribution in [1.82, 2.24) is 10.4 Å². The molecule has 1 amide bonds. The van der Waals surface area contributed by atoms with E-state index in [1.54, 1.807) is 24.3 Å². The molecule has 28 heavy (non-hydrogen) atoms. The number of amides is 1. The van der Waals surface area contributed by atoms with E-state index in [0.29, 0.717) is 0 Å². The summed E-state index contributed by atoms with van der Waals surface area (Å²) in [4.78, 5) is 36.4. The van der Waals surface area contributed by atoms with Crippen LogP contribution < -0.4 is 5.43 Å². The first-order valence-corrected chi connectivity index (χ1v) is 8.86. The first-order valence-electron chi connectivity index (χ1n) is 8.86. The molecule has 0 bridgehead atoms. The molecule has 2 N–H and O–H groups in total. The fourth-order valence-corrected chi connectivity index (χ4v) is 2.87. The molecule has 2 aromatic carbocycles. The van der Waals surface area contributed by atoms with Crippen LogP contribution in [0.4, 0.5) is 0 Å². The highest BCUT2D eigenvalue weighted by atomic mass is 16.5. The molecule has 0 saturated heterocycles. The maximum absolute atomic E-state index is 12.3. The van der Waals surface area contributed by atoms with Crippen molar-refractivity contribution in [3.8, 4) is 0 Å². The molecule has 0 aliphatic heterocycles. The number of carboxylic acids is 1. The Morgan fingerprint density at radius 2 is 1.46 bits per heavy atom. The number of rotatable bonds is 9. The summed E-state index contributed by atoms with van der Waals surface area (Å²) in [7, 11) is 1.25. The summed E-state index contributed by atoms with van der Waals surface area (Å²) < 4.78 is 4.84. The van der Waals surface area contributed by atoms with E-state index in [-0.39, 0.29) is 12.8 Å². The number of hydrazine groups is 1. The summed E-state index contributed by atoms with van der Waals surface area (Å²) in [5, 5.41) is 10.7. The fraction of sp³-hybridized carbons (Fsp3) is 0.286. The molecule has 0 aliphatic carbocycles. The minimum absolute atomic E-state index is 0.0992. The molecule has 0 heterocycles. The Balaban J connectivity index is 2.25. The Hall–Kier alpha value is -3.19. The molecular weight excluding hydrogens is 360 g/mol. The lowest BCUT2D eigenvalue weighted by Gasteiger charge is -2.31. The second-order valence-corrected chi connectivity index (χ2v) is 6.33. The van der Waals surface area contributed by atoms with E-state index in [1.165, 1.54) is 14.0 Å². The van der Waals surface area contributed by atoms with E-state index in [9.17, 15) is 19.5 Å². The molecule has 148 valence electrons. The van der Waals surface area contributed by atoms with Gasteiger partial charge in [-0.2, -0.15) is 0 Å². The van der Waals surface area contributed by atoms with Gasteiger partial charge >= 0.3 is 11.9 Å². The van der Waals surface area contributed by atoms with Gasteiger partial charge in [-0.05, 0) is 11.1 Å². The summed E-state index contributed by atoms with van der Waals surface area (Å²) in [6.07, 6.45) is 0.344. The Bertz CT molecular complexity index is 795. The number of aliphatic carboxylic acids is 1. The van der Waals surface area contributed by atoms with Crippen molar-refractivity contribution in [2.24, 2.45) is 0 Å². The molecule has 0 radical (unpaired) electrons. The van der Waals surface area contributed by atoms with Crippen LogP contribution in [0.15, 0.2) is 60.7 Å². The smallest absolute Gasteiger partial charge is 0.328 e. The minimum Gasteiger partial charge on any atom is -0.480 e. The predicted molar refractivity (Wildman–Crippen MR) is 103 cm³/mol. The number of esters is 1. The molecule has 2 atom stereocenters. The van der Waals surface area contributed by atoms with Crippen LogP contribution in [0.5, 0.6) is 0 Å². The highest BCUT2D eigenvalue weighted by Gasteiger charge is 2.32. The van der Waals surface area contributed by atoms with Crippen LogP contribution in [0.2, 0.25) is 0 Å². The Labute approximate surface area is 163 Å². The van der Waals surface area contributed by atoms with Gasteiger partial charge in [0, 0.05) is 19.8 Å². The Kier molecular flexibility index (Phi) is 7.71. The number of carbonyl (C=O) groups is 3. The van der Waals surface area contributed by atoms with Crippen LogP contribution in [0.25, 0.3) is 0 Å². The first kappa shape index (κ1) is 21.1. The largest absolute Gasteiger partial charge is 0.480 e. The van der Waals surface area contributed by atoms with Crippen LogP contribution in [-0.4, -0.2) is 47.2 Å². The zero-order valence-electron chi connectivity index (χ0n) is 15.9. The Morgan fingerprint density at radius 3 is 1.89 bits per heavy atom. The number of benzene rings is 2. The average molecular weight is 384 g/mol. The number of hydrogen-bond donors (Lipinski definition) is 2. The standard InChI is InChI=1S/C21H24N2O5/c1-15(24)23(19(20(25)26)14-17-11-7-4-8-12-17)22-18(21(27)28-2)13-16-9-5-3-6-10-16/h3-12,18-19,22H,13-14H2,1-2H3,(H,25,26)/t18-,19-/m0/s1. The number of ether oxygens (including phenoxy) is 1. The van der Waals surface area contributed by atoms with Crippen molar-refractivity contribution in [2.45, 2.75) is 31.8 Å². The van der Waals surface area contributed by atoms with Gasteiger partial charge in [-0.3, -0.25) is 14.6 Å². The van der Waals surface area contributed by atoms with Gasteiger partial charge in [0.25, 0.3) is 0 Å². The highest BCUT2D eigenvalue weighted by Crippen LogP contribution is 2.11. The second-order valence-electron chi connectivity index (χ2n) is 6.33. The summed E-state index contributed by atoms with van der Waals surface area (Å²) in [5.74, 6) is -2.26.